The highest BCUT2D eigenvalue weighted by Crippen LogP contribution is 2.24. The molecule has 0 aliphatic rings. The summed E-state index contributed by atoms with van der Waals surface area (Å²) in [5, 5.41) is 3.61. The van der Waals surface area contributed by atoms with Crippen molar-refractivity contribution in [2.24, 2.45) is 0 Å². The second-order valence-corrected chi connectivity index (χ2v) is 8.36. The normalized spacial score (nSPS) is 11.8. The molecule has 1 atom stereocenters. The van der Waals surface area contributed by atoms with Crippen molar-refractivity contribution < 1.29 is 9.59 Å². The quantitative estimate of drug-likeness (QED) is 0.649. The summed E-state index contributed by atoms with van der Waals surface area (Å²) in [5.41, 5.74) is 3.11. The van der Waals surface area contributed by atoms with Crippen molar-refractivity contribution in [1.82, 2.24) is 10.2 Å². The molecule has 0 fully saturated rings. The molecule has 2 amide bonds. The molecule has 1 unspecified atom stereocenters. The lowest BCUT2D eigenvalue weighted by molar-refractivity contribution is -0.138. The van der Waals surface area contributed by atoms with Crippen LogP contribution in [-0.4, -0.2) is 35.6 Å². The highest BCUT2D eigenvalue weighted by atomic mass is 35.5. The van der Waals surface area contributed by atoms with Crippen molar-refractivity contribution >= 4 is 46.8 Å². The third-order valence-electron chi connectivity index (χ3n) is 4.35. The van der Waals surface area contributed by atoms with Crippen molar-refractivity contribution in [2.75, 3.05) is 12.8 Å². The summed E-state index contributed by atoms with van der Waals surface area (Å²) >= 11 is 13.8. The van der Waals surface area contributed by atoms with Crippen LogP contribution in [0.2, 0.25) is 10.0 Å². The molecule has 150 valence electrons. The fourth-order valence-corrected chi connectivity index (χ4v) is 4.09. The molecule has 0 radical (unpaired) electrons. The summed E-state index contributed by atoms with van der Waals surface area (Å²) in [4.78, 5) is 26.6. The number of thioether (sulfide) groups is 1. The number of amides is 2. The zero-order valence-corrected chi connectivity index (χ0v) is 18.5. The number of nitrogens with one attached hydrogen (secondary N) is 1. The second kappa shape index (κ2) is 10.7. The van der Waals surface area contributed by atoms with Gasteiger partial charge in [0.1, 0.15) is 6.04 Å². The molecule has 0 saturated heterocycles. The summed E-state index contributed by atoms with van der Waals surface area (Å²) in [5.74, 6) is 0.680. The highest BCUT2D eigenvalue weighted by molar-refractivity contribution is 7.99. The molecule has 7 heteroatoms. The molecule has 0 aliphatic heterocycles. The van der Waals surface area contributed by atoms with E-state index in [0.717, 1.165) is 11.3 Å². The van der Waals surface area contributed by atoms with Crippen molar-refractivity contribution in [3.8, 4) is 0 Å². The van der Waals surface area contributed by atoms with Crippen LogP contribution >= 0.6 is 35.0 Å². The third kappa shape index (κ3) is 6.43. The Hall–Kier alpha value is -1.69. The van der Waals surface area contributed by atoms with E-state index in [9.17, 15) is 9.59 Å². The van der Waals surface area contributed by atoms with E-state index in [2.05, 4.69) is 11.4 Å². The fourth-order valence-electron chi connectivity index (χ4n) is 2.77. The minimum atomic E-state index is -0.608. The number of likely N-dealkylation sites (N-methyl/N-ethyl adjacent to an activating group) is 1. The summed E-state index contributed by atoms with van der Waals surface area (Å²) in [6.07, 6.45) is 0. The molecule has 0 saturated carbocycles. The van der Waals surface area contributed by atoms with Crippen LogP contribution in [0, 0.1) is 6.92 Å². The van der Waals surface area contributed by atoms with Crippen LogP contribution in [0.3, 0.4) is 0 Å². The number of nitrogens with zero attached hydrogens (tertiary/aromatic N) is 1. The largest absolute Gasteiger partial charge is 0.357 e. The summed E-state index contributed by atoms with van der Waals surface area (Å²) < 4.78 is 0. The van der Waals surface area contributed by atoms with Gasteiger partial charge in [-0.25, -0.2) is 0 Å². The Bertz CT molecular complexity index is 845. The van der Waals surface area contributed by atoms with Crippen molar-refractivity contribution in [3.63, 3.8) is 0 Å². The van der Waals surface area contributed by atoms with Gasteiger partial charge in [-0.3, -0.25) is 9.59 Å². The predicted molar refractivity (Wildman–Crippen MR) is 118 cm³/mol. The molecular formula is C21H24Cl2N2O2S. The van der Waals surface area contributed by atoms with Crippen molar-refractivity contribution in [2.45, 2.75) is 32.2 Å². The van der Waals surface area contributed by atoms with Gasteiger partial charge in [-0.1, -0.05) is 59.1 Å². The maximum atomic E-state index is 12.9. The van der Waals surface area contributed by atoms with E-state index in [0.29, 0.717) is 10.0 Å². The molecule has 1 N–H and O–H groups in total. The van der Waals surface area contributed by atoms with Crippen LogP contribution in [-0.2, 0) is 21.9 Å². The first kappa shape index (κ1) is 22.6. The number of hydrogen-bond acceptors (Lipinski definition) is 3. The Labute approximate surface area is 180 Å². The Morgan fingerprint density at radius 2 is 1.93 bits per heavy atom. The monoisotopic (exact) mass is 438 g/mol. The number of aryl methyl sites for hydroxylation is 1. The van der Waals surface area contributed by atoms with E-state index in [1.165, 1.54) is 22.9 Å². The standard InChI is InChI=1S/C21H24Cl2N2O2S/c1-14-5-4-6-16(9-14)12-28-13-20(26)25(15(2)21(27)24-3)11-17-7-8-18(22)10-19(17)23/h4-10,15H,11-13H2,1-3H3,(H,24,27). The van der Waals surface area contributed by atoms with Crippen LogP contribution in [0.1, 0.15) is 23.6 Å². The van der Waals surface area contributed by atoms with Crippen LogP contribution in [0.5, 0.6) is 0 Å². The number of carbonyl (C=O) groups is 2. The fraction of sp³-hybridized carbons (Fsp3) is 0.333. The molecule has 0 aromatic heterocycles. The lowest BCUT2D eigenvalue weighted by atomic mass is 10.1. The Morgan fingerprint density at radius 1 is 1.18 bits per heavy atom. The molecule has 0 aliphatic carbocycles. The van der Waals surface area contributed by atoms with E-state index in [1.54, 1.807) is 37.1 Å². The van der Waals surface area contributed by atoms with Gasteiger partial charge in [0.25, 0.3) is 0 Å². The number of carbonyl (C=O) groups excluding carboxylic acids is 2. The zero-order valence-electron chi connectivity index (χ0n) is 16.2. The Morgan fingerprint density at radius 3 is 2.57 bits per heavy atom. The third-order valence-corrected chi connectivity index (χ3v) is 5.92. The molecule has 2 aromatic carbocycles. The highest BCUT2D eigenvalue weighted by Gasteiger charge is 2.26. The first-order valence-electron chi connectivity index (χ1n) is 8.90. The lowest BCUT2D eigenvalue weighted by Crippen LogP contribution is -2.47. The Balaban J connectivity index is 2.09. The number of rotatable bonds is 8. The number of halogens is 2. The number of benzene rings is 2. The second-order valence-electron chi connectivity index (χ2n) is 6.53. The SMILES string of the molecule is CNC(=O)C(C)N(Cc1ccc(Cl)cc1Cl)C(=O)CSCc1cccc(C)c1. The van der Waals surface area contributed by atoms with E-state index in [-0.39, 0.29) is 24.1 Å². The minimum absolute atomic E-state index is 0.111. The van der Waals surface area contributed by atoms with Crippen LogP contribution < -0.4 is 5.32 Å². The van der Waals surface area contributed by atoms with E-state index in [1.807, 2.05) is 25.1 Å². The van der Waals surface area contributed by atoms with E-state index >= 15 is 0 Å². The molecule has 0 spiro atoms. The summed E-state index contributed by atoms with van der Waals surface area (Å²) in [6.45, 7) is 4.00. The molecule has 2 rings (SSSR count). The van der Waals surface area contributed by atoms with Gasteiger partial charge in [-0.2, -0.15) is 0 Å². The van der Waals surface area contributed by atoms with Crippen molar-refractivity contribution in [1.29, 1.82) is 0 Å². The first-order valence-corrected chi connectivity index (χ1v) is 10.8. The van der Waals surface area contributed by atoms with Crippen LogP contribution in [0.4, 0.5) is 0 Å². The maximum absolute atomic E-state index is 12.9. The van der Waals surface area contributed by atoms with Crippen LogP contribution in [0.25, 0.3) is 0 Å². The van der Waals surface area contributed by atoms with Crippen LogP contribution in [0.15, 0.2) is 42.5 Å². The van der Waals surface area contributed by atoms with E-state index < -0.39 is 6.04 Å². The molecule has 28 heavy (non-hydrogen) atoms. The maximum Gasteiger partial charge on any atom is 0.242 e. The Kier molecular flexibility index (Phi) is 8.67. The van der Waals surface area contributed by atoms with Gasteiger partial charge in [0, 0.05) is 29.4 Å². The van der Waals surface area contributed by atoms with Gasteiger partial charge in [-0.15, -0.1) is 11.8 Å². The predicted octanol–water partition coefficient (Wildman–Crippen LogP) is 4.70. The van der Waals surface area contributed by atoms with Crippen molar-refractivity contribution in [3.05, 3.63) is 69.2 Å². The minimum Gasteiger partial charge on any atom is -0.357 e. The van der Waals surface area contributed by atoms with Gasteiger partial charge < -0.3 is 10.2 Å². The topological polar surface area (TPSA) is 49.4 Å². The molecule has 0 bridgehead atoms. The summed E-state index contributed by atoms with van der Waals surface area (Å²) in [6, 6.07) is 12.7. The summed E-state index contributed by atoms with van der Waals surface area (Å²) in [7, 11) is 1.56. The molecular weight excluding hydrogens is 415 g/mol. The smallest absolute Gasteiger partial charge is 0.242 e. The van der Waals surface area contributed by atoms with Gasteiger partial charge in [0.05, 0.1) is 5.75 Å². The van der Waals surface area contributed by atoms with E-state index in [4.69, 9.17) is 23.2 Å². The zero-order chi connectivity index (χ0) is 20.7. The average Bonchev–Trinajstić information content (AvgIpc) is 2.66. The molecule has 2 aromatic rings. The van der Waals surface area contributed by atoms with Gasteiger partial charge in [-0.05, 0) is 37.1 Å². The number of hydrogen-bond donors (Lipinski definition) is 1. The molecule has 0 heterocycles. The van der Waals surface area contributed by atoms with Gasteiger partial charge in [0.2, 0.25) is 11.8 Å². The first-order chi connectivity index (χ1) is 13.3. The molecule has 4 nitrogen and oxygen atoms in total. The average molecular weight is 439 g/mol. The van der Waals surface area contributed by atoms with Gasteiger partial charge in [0.15, 0.2) is 0 Å². The lowest BCUT2D eigenvalue weighted by Gasteiger charge is -2.28. The van der Waals surface area contributed by atoms with Gasteiger partial charge >= 0.3 is 0 Å².